The normalized spacial score (nSPS) is 11.5. The van der Waals surface area contributed by atoms with Crippen LogP contribution in [-0.4, -0.2) is 17.3 Å². The maximum Gasteiger partial charge on any atom is 0.263 e. The Morgan fingerprint density at radius 2 is 1.77 bits per heavy atom. The number of aryl methyl sites for hydroxylation is 1. The van der Waals surface area contributed by atoms with Crippen molar-refractivity contribution in [3.8, 4) is 0 Å². The van der Waals surface area contributed by atoms with E-state index in [1.54, 1.807) is 11.4 Å². The van der Waals surface area contributed by atoms with Crippen molar-refractivity contribution in [3.05, 3.63) is 88.3 Å². The van der Waals surface area contributed by atoms with Gasteiger partial charge in [0.15, 0.2) is 0 Å². The standard InChI is InChI=1S/C23H21NOS/c1-5-18-13-11-17(3)22-20(14-12-16(2)21(18)22)15-26-24(4)23(25)19-9-7-6-8-10-19/h5-15H,1-2H2,3-4H3/b20-15-. The Morgan fingerprint density at radius 3 is 2.46 bits per heavy atom. The van der Waals surface area contributed by atoms with Crippen LogP contribution in [-0.2, 0) is 0 Å². The number of fused-ring (bicyclic) bond motifs is 1. The molecule has 0 unspecified atom stereocenters. The van der Waals surface area contributed by atoms with Crippen molar-refractivity contribution in [2.24, 2.45) is 0 Å². The minimum atomic E-state index is -0.0200. The number of amides is 1. The quantitative estimate of drug-likeness (QED) is 0.645. The molecule has 0 spiro atoms. The van der Waals surface area contributed by atoms with E-state index in [2.05, 4.69) is 38.3 Å². The third-order valence-electron chi connectivity index (χ3n) is 4.38. The molecular weight excluding hydrogens is 338 g/mol. The average Bonchev–Trinajstić information content (AvgIpc) is 2.67. The van der Waals surface area contributed by atoms with Crippen LogP contribution in [0, 0.1) is 6.92 Å². The molecule has 0 aliphatic carbocycles. The predicted molar refractivity (Wildman–Crippen MR) is 114 cm³/mol. The fourth-order valence-corrected chi connectivity index (χ4v) is 3.68. The molecule has 130 valence electrons. The number of benzene rings is 3. The van der Waals surface area contributed by atoms with Gasteiger partial charge in [0.1, 0.15) is 0 Å². The molecule has 0 aliphatic heterocycles. The maximum absolute atomic E-state index is 12.5. The lowest BCUT2D eigenvalue weighted by Crippen LogP contribution is -2.19. The van der Waals surface area contributed by atoms with Crippen molar-refractivity contribution in [2.75, 3.05) is 7.05 Å². The van der Waals surface area contributed by atoms with E-state index >= 15 is 0 Å². The summed E-state index contributed by atoms with van der Waals surface area (Å²) in [7, 11) is 1.79. The van der Waals surface area contributed by atoms with Gasteiger partial charge in [-0.15, -0.1) is 0 Å². The highest BCUT2D eigenvalue weighted by Crippen LogP contribution is 2.19. The summed E-state index contributed by atoms with van der Waals surface area (Å²) in [6.45, 7) is 10.2. The molecular formula is C23H21NOS. The summed E-state index contributed by atoms with van der Waals surface area (Å²) in [5, 5.41) is 6.35. The molecule has 0 radical (unpaired) electrons. The van der Waals surface area contributed by atoms with Gasteiger partial charge in [-0.2, -0.15) is 0 Å². The second-order valence-corrected chi connectivity index (χ2v) is 7.13. The summed E-state index contributed by atoms with van der Waals surface area (Å²) in [6, 6.07) is 17.5. The second-order valence-electron chi connectivity index (χ2n) is 6.13. The van der Waals surface area contributed by atoms with Crippen molar-refractivity contribution in [1.29, 1.82) is 0 Å². The third kappa shape index (κ3) is 3.44. The molecule has 3 heteroatoms. The molecule has 0 aliphatic rings. The Morgan fingerprint density at radius 1 is 1.04 bits per heavy atom. The van der Waals surface area contributed by atoms with Crippen LogP contribution in [0.3, 0.4) is 0 Å². The summed E-state index contributed by atoms with van der Waals surface area (Å²) < 4.78 is 1.64. The highest BCUT2D eigenvalue weighted by atomic mass is 32.2. The molecule has 0 bridgehead atoms. The summed E-state index contributed by atoms with van der Waals surface area (Å²) in [5.74, 6) is -0.0200. The third-order valence-corrected chi connectivity index (χ3v) is 5.23. The highest BCUT2D eigenvalue weighted by molar-refractivity contribution is 8.04. The largest absolute Gasteiger partial charge is 0.282 e. The van der Waals surface area contributed by atoms with E-state index in [0.717, 1.165) is 26.8 Å². The van der Waals surface area contributed by atoms with Gasteiger partial charge < -0.3 is 0 Å². The molecule has 3 aromatic rings. The zero-order chi connectivity index (χ0) is 18.7. The molecule has 0 saturated carbocycles. The molecule has 3 rings (SSSR count). The van der Waals surface area contributed by atoms with Gasteiger partial charge in [-0.25, -0.2) is 0 Å². The van der Waals surface area contributed by atoms with Gasteiger partial charge in [0.05, 0.1) is 0 Å². The first kappa shape index (κ1) is 18.0. The zero-order valence-corrected chi connectivity index (χ0v) is 15.8. The molecule has 2 nitrogen and oxygen atoms in total. The van der Waals surface area contributed by atoms with Crippen LogP contribution in [0.1, 0.15) is 21.5 Å². The Bertz CT molecular complexity index is 1090. The first-order valence-corrected chi connectivity index (χ1v) is 9.20. The lowest BCUT2D eigenvalue weighted by molar-refractivity contribution is 0.0893. The van der Waals surface area contributed by atoms with E-state index in [9.17, 15) is 4.79 Å². The number of carbonyl (C=O) groups is 1. The number of nitrogens with zero attached hydrogens (tertiary/aromatic N) is 1. The number of rotatable bonds is 4. The van der Waals surface area contributed by atoms with Crippen LogP contribution < -0.4 is 10.4 Å². The summed E-state index contributed by atoms with van der Waals surface area (Å²) in [6.07, 6.45) is 1.86. The summed E-state index contributed by atoms with van der Waals surface area (Å²) in [5.41, 5.74) is 2.93. The van der Waals surface area contributed by atoms with E-state index in [-0.39, 0.29) is 5.91 Å². The molecule has 3 aromatic carbocycles. The van der Waals surface area contributed by atoms with Crippen molar-refractivity contribution in [1.82, 2.24) is 4.31 Å². The Kier molecular flexibility index (Phi) is 5.29. The van der Waals surface area contributed by atoms with E-state index in [1.807, 2.05) is 47.9 Å². The average molecular weight is 359 g/mol. The monoisotopic (exact) mass is 359 g/mol. The van der Waals surface area contributed by atoms with Gasteiger partial charge in [-0.05, 0) is 63.3 Å². The van der Waals surface area contributed by atoms with Crippen molar-refractivity contribution in [2.45, 2.75) is 6.92 Å². The van der Waals surface area contributed by atoms with Crippen LogP contribution in [0.15, 0.2) is 61.2 Å². The number of carbonyl (C=O) groups excluding carboxylic acids is 1. The first-order chi connectivity index (χ1) is 12.5. The van der Waals surface area contributed by atoms with Crippen LogP contribution in [0.2, 0.25) is 0 Å². The van der Waals surface area contributed by atoms with E-state index in [0.29, 0.717) is 5.56 Å². The Labute approximate surface area is 158 Å². The van der Waals surface area contributed by atoms with Gasteiger partial charge in [0, 0.05) is 18.0 Å². The topological polar surface area (TPSA) is 20.3 Å². The minimum absolute atomic E-state index is 0.0200. The highest BCUT2D eigenvalue weighted by Gasteiger charge is 2.11. The van der Waals surface area contributed by atoms with Crippen LogP contribution in [0.25, 0.3) is 28.8 Å². The molecule has 0 saturated heterocycles. The van der Waals surface area contributed by atoms with Gasteiger partial charge in [-0.1, -0.05) is 61.7 Å². The van der Waals surface area contributed by atoms with E-state index < -0.39 is 0 Å². The Hall–Kier alpha value is -2.78. The first-order valence-electron chi connectivity index (χ1n) is 8.36. The van der Waals surface area contributed by atoms with Gasteiger partial charge in [0.25, 0.3) is 5.91 Å². The van der Waals surface area contributed by atoms with E-state index in [1.165, 1.54) is 17.5 Å². The van der Waals surface area contributed by atoms with Gasteiger partial charge in [-0.3, -0.25) is 9.10 Å². The number of hydrogen-bond donors (Lipinski definition) is 0. The predicted octanol–water partition coefficient (Wildman–Crippen LogP) is 4.36. The molecule has 0 atom stereocenters. The van der Waals surface area contributed by atoms with Crippen LogP contribution >= 0.6 is 11.9 Å². The van der Waals surface area contributed by atoms with Gasteiger partial charge in [0.2, 0.25) is 0 Å². The Balaban J connectivity index is 2.03. The van der Waals surface area contributed by atoms with Crippen molar-refractivity contribution < 1.29 is 4.79 Å². The summed E-state index contributed by atoms with van der Waals surface area (Å²) >= 11 is 1.39. The molecule has 0 aromatic heterocycles. The number of hydrogen-bond acceptors (Lipinski definition) is 2. The van der Waals surface area contributed by atoms with Gasteiger partial charge >= 0.3 is 0 Å². The molecule has 0 heterocycles. The molecule has 1 amide bonds. The van der Waals surface area contributed by atoms with Crippen LogP contribution in [0.4, 0.5) is 0 Å². The SMILES string of the molecule is C=Cc1ccc(C)c2/c(=C\SN(C)C(=O)c3ccccc3)ccc(=C)c12. The maximum atomic E-state index is 12.5. The van der Waals surface area contributed by atoms with Crippen molar-refractivity contribution in [3.63, 3.8) is 0 Å². The smallest absolute Gasteiger partial charge is 0.263 e. The van der Waals surface area contributed by atoms with Crippen LogP contribution in [0.5, 0.6) is 0 Å². The summed E-state index contributed by atoms with van der Waals surface area (Å²) in [4.78, 5) is 12.5. The minimum Gasteiger partial charge on any atom is -0.282 e. The zero-order valence-electron chi connectivity index (χ0n) is 15.0. The van der Waals surface area contributed by atoms with Crippen molar-refractivity contribution >= 4 is 46.7 Å². The van der Waals surface area contributed by atoms with E-state index in [4.69, 9.17) is 0 Å². The molecule has 0 N–H and O–H groups in total. The molecule has 0 fully saturated rings. The fourth-order valence-electron chi connectivity index (χ4n) is 3.01. The lowest BCUT2D eigenvalue weighted by Gasteiger charge is -2.14. The second kappa shape index (κ2) is 7.63. The molecule has 26 heavy (non-hydrogen) atoms. The lowest BCUT2D eigenvalue weighted by atomic mass is 9.97. The fraction of sp³-hybridized carbons (Fsp3) is 0.0870.